The minimum atomic E-state index is 0.150. The third-order valence-electron chi connectivity index (χ3n) is 4.65. The van der Waals surface area contributed by atoms with Gasteiger partial charge in [0.2, 0.25) is 11.9 Å². The van der Waals surface area contributed by atoms with Crippen LogP contribution in [-0.4, -0.2) is 38.5 Å². The molecule has 0 unspecified atom stereocenters. The molecule has 0 amide bonds. The summed E-state index contributed by atoms with van der Waals surface area (Å²) in [6.07, 6.45) is 6.91. The molecule has 2 aromatic heterocycles. The van der Waals surface area contributed by atoms with Crippen molar-refractivity contribution < 1.29 is 0 Å². The average Bonchev–Trinajstić information content (AvgIpc) is 2.94. The van der Waals surface area contributed by atoms with Crippen molar-refractivity contribution in [3.05, 3.63) is 18.3 Å². The Morgan fingerprint density at radius 1 is 1.28 bits per heavy atom. The number of hydrogen-bond acceptors (Lipinski definition) is 7. The fourth-order valence-electron chi connectivity index (χ4n) is 3.34. The molecule has 134 valence electrons. The van der Waals surface area contributed by atoms with Gasteiger partial charge in [0.15, 0.2) is 0 Å². The highest BCUT2D eigenvalue weighted by atomic mass is 15.4. The molecule has 0 aromatic carbocycles. The zero-order chi connectivity index (χ0) is 17.8. The van der Waals surface area contributed by atoms with Crippen molar-refractivity contribution in [2.24, 2.45) is 5.92 Å². The van der Waals surface area contributed by atoms with Crippen LogP contribution in [0, 0.1) is 11.3 Å². The molecule has 8 nitrogen and oxygen atoms in total. The van der Waals surface area contributed by atoms with E-state index in [1.807, 2.05) is 12.1 Å². The number of hydrogen-bond donors (Lipinski definition) is 3. The summed E-state index contributed by atoms with van der Waals surface area (Å²) in [7, 11) is 0. The summed E-state index contributed by atoms with van der Waals surface area (Å²) >= 11 is 0. The van der Waals surface area contributed by atoms with Gasteiger partial charge in [0.25, 0.3) is 0 Å². The summed E-state index contributed by atoms with van der Waals surface area (Å²) < 4.78 is 1.48. The van der Waals surface area contributed by atoms with Gasteiger partial charge in [0, 0.05) is 18.8 Å². The monoisotopic (exact) mass is 342 g/mol. The Morgan fingerprint density at radius 2 is 2.04 bits per heavy atom. The molecule has 1 fully saturated rings. The van der Waals surface area contributed by atoms with Gasteiger partial charge in [-0.25, -0.2) is 4.98 Å². The number of aromatic nitrogens is 4. The van der Waals surface area contributed by atoms with E-state index in [9.17, 15) is 0 Å². The Labute approximate surface area is 147 Å². The first-order valence-electron chi connectivity index (χ1n) is 8.82. The maximum Gasteiger partial charge on any atom is 0.241 e. The van der Waals surface area contributed by atoms with Crippen molar-refractivity contribution in [3.63, 3.8) is 0 Å². The molecule has 1 saturated heterocycles. The first kappa shape index (κ1) is 17.2. The van der Waals surface area contributed by atoms with Crippen LogP contribution in [0.3, 0.4) is 0 Å². The van der Waals surface area contributed by atoms with Crippen LogP contribution in [0.5, 0.6) is 0 Å². The summed E-state index contributed by atoms with van der Waals surface area (Å²) in [6.45, 7) is 4.09. The minimum Gasteiger partial charge on any atom is -0.368 e. The third-order valence-corrected chi connectivity index (χ3v) is 4.65. The molecule has 0 radical (unpaired) electrons. The molecule has 3 rings (SSSR count). The zero-order valence-corrected chi connectivity index (χ0v) is 14.6. The quantitative estimate of drug-likeness (QED) is 0.692. The number of nitrogens with one attached hydrogen (secondary N) is 1. The number of nitrogens with two attached hydrogens (primary N) is 2. The van der Waals surface area contributed by atoms with Crippen LogP contribution in [0.15, 0.2) is 18.3 Å². The van der Waals surface area contributed by atoms with E-state index in [0.29, 0.717) is 5.92 Å². The normalized spacial score (nSPS) is 15.5. The van der Waals surface area contributed by atoms with Gasteiger partial charge in [-0.2, -0.15) is 9.67 Å². The van der Waals surface area contributed by atoms with Crippen LogP contribution in [0.4, 0.5) is 17.7 Å². The number of nitrogen functional groups attached to an aromatic ring is 2. The predicted molar refractivity (Wildman–Crippen MR) is 100 cm³/mol. The standard InChI is InChI=1S/C17H26N8/c1-2-3-13(18)10-12-6-8-24(9-7-12)15-5-4-14(11-21-15)25-17(20)22-16(19)23-25/h4-5,11-12,18H,2-3,6-10H2,1H3,(H4,19,20,22,23). The van der Waals surface area contributed by atoms with Crippen LogP contribution in [0.25, 0.3) is 5.69 Å². The molecule has 0 spiro atoms. The van der Waals surface area contributed by atoms with Gasteiger partial charge in [0.05, 0.1) is 11.9 Å². The molecule has 0 aliphatic carbocycles. The highest BCUT2D eigenvalue weighted by molar-refractivity contribution is 5.81. The minimum absolute atomic E-state index is 0.150. The van der Waals surface area contributed by atoms with Gasteiger partial charge in [-0.15, -0.1) is 5.10 Å². The molecule has 3 heterocycles. The van der Waals surface area contributed by atoms with E-state index in [0.717, 1.165) is 62.4 Å². The molecular weight excluding hydrogens is 316 g/mol. The summed E-state index contributed by atoms with van der Waals surface area (Å²) in [5, 5.41) is 12.1. The van der Waals surface area contributed by atoms with E-state index in [4.69, 9.17) is 16.9 Å². The van der Waals surface area contributed by atoms with E-state index < -0.39 is 0 Å². The summed E-state index contributed by atoms with van der Waals surface area (Å²) in [5.41, 5.74) is 13.0. The first-order valence-corrected chi connectivity index (χ1v) is 8.82. The molecule has 8 heteroatoms. The van der Waals surface area contributed by atoms with Crippen molar-refractivity contribution in [2.45, 2.75) is 39.0 Å². The van der Waals surface area contributed by atoms with Crippen molar-refractivity contribution in [1.29, 1.82) is 5.41 Å². The smallest absolute Gasteiger partial charge is 0.241 e. The maximum absolute atomic E-state index is 8.01. The van der Waals surface area contributed by atoms with E-state index in [1.54, 1.807) is 6.20 Å². The number of nitrogens with zero attached hydrogens (tertiary/aromatic N) is 5. The topological polar surface area (TPSA) is 123 Å². The Bertz CT molecular complexity index is 713. The van der Waals surface area contributed by atoms with E-state index >= 15 is 0 Å². The zero-order valence-electron chi connectivity index (χ0n) is 14.6. The van der Waals surface area contributed by atoms with Gasteiger partial charge < -0.3 is 21.8 Å². The average molecular weight is 342 g/mol. The highest BCUT2D eigenvalue weighted by Gasteiger charge is 2.21. The fourth-order valence-corrected chi connectivity index (χ4v) is 3.34. The van der Waals surface area contributed by atoms with Crippen molar-refractivity contribution in [1.82, 2.24) is 19.7 Å². The third kappa shape index (κ3) is 4.07. The molecular formula is C17H26N8. The number of rotatable bonds is 6. The molecule has 0 atom stereocenters. The first-order chi connectivity index (χ1) is 12.1. The van der Waals surface area contributed by atoms with Crippen LogP contribution >= 0.6 is 0 Å². The lowest BCUT2D eigenvalue weighted by atomic mass is 9.90. The number of pyridine rings is 1. The van der Waals surface area contributed by atoms with Gasteiger partial charge in [0.1, 0.15) is 5.82 Å². The molecule has 25 heavy (non-hydrogen) atoms. The van der Waals surface area contributed by atoms with E-state index in [1.165, 1.54) is 4.68 Å². The second-order valence-corrected chi connectivity index (χ2v) is 6.60. The predicted octanol–water partition coefficient (Wildman–Crippen LogP) is 2.25. The molecule has 0 bridgehead atoms. The van der Waals surface area contributed by atoms with Crippen molar-refractivity contribution >= 4 is 23.4 Å². The number of piperidine rings is 1. The largest absolute Gasteiger partial charge is 0.368 e. The molecule has 0 saturated carbocycles. The molecule has 5 N–H and O–H groups in total. The maximum atomic E-state index is 8.01. The lowest BCUT2D eigenvalue weighted by molar-refractivity contribution is 0.414. The van der Waals surface area contributed by atoms with Crippen LogP contribution in [-0.2, 0) is 0 Å². The second-order valence-electron chi connectivity index (χ2n) is 6.60. The van der Waals surface area contributed by atoms with Crippen molar-refractivity contribution in [2.75, 3.05) is 29.5 Å². The Kier molecular flexibility index (Phi) is 5.16. The summed E-state index contributed by atoms with van der Waals surface area (Å²) in [4.78, 5) is 10.7. The molecule has 2 aromatic rings. The van der Waals surface area contributed by atoms with E-state index in [2.05, 4.69) is 26.9 Å². The fraction of sp³-hybridized carbons (Fsp3) is 0.529. The Morgan fingerprint density at radius 3 is 2.60 bits per heavy atom. The van der Waals surface area contributed by atoms with Crippen LogP contribution in [0.1, 0.15) is 39.0 Å². The highest BCUT2D eigenvalue weighted by Crippen LogP contribution is 2.25. The lowest BCUT2D eigenvalue weighted by Gasteiger charge is -2.33. The molecule has 1 aliphatic rings. The summed E-state index contributed by atoms with van der Waals surface area (Å²) in [6, 6.07) is 3.90. The second kappa shape index (κ2) is 7.50. The van der Waals surface area contributed by atoms with Crippen molar-refractivity contribution in [3.8, 4) is 5.69 Å². The Balaban J connectivity index is 1.59. The summed E-state index contributed by atoms with van der Waals surface area (Å²) in [5.74, 6) is 1.99. The van der Waals surface area contributed by atoms with Crippen LogP contribution in [0.2, 0.25) is 0 Å². The number of anilines is 3. The molecule has 1 aliphatic heterocycles. The SMILES string of the molecule is CCCC(=N)CC1CCN(c2ccc(-n3nc(N)nc3N)cn2)CC1. The van der Waals surface area contributed by atoms with Gasteiger partial charge in [-0.05, 0) is 43.7 Å². The van der Waals surface area contributed by atoms with Crippen LogP contribution < -0.4 is 16.4 Å². The van der Waals surface area contributed by atoms with Gasteiger partial charge in [-0.1, -0.05) is 13.3 Å². The van der Waals surface area contributed by atoms with Gasteiger partial charge >= 0.3 is 0 Å². The van der Waals surface area contributed by atoms with Gasteiger partial charge in [-0.3, -0.25) is 0 Å². The lowest BCUT2D eigenvalue weighted by Crippen LogP contribution is -2.34. The Hall–Kier alpha value is -2.64. The van der Waals surface area contributed by atoms with E-state index in [-0.39, 0.29) is 11.9 Å².